The second-order valence-corrected chi connectivity index (χ2v) is 8.59. The van der Waals surface area contributed by atoms with Gasteiger partial charge in [0.15, 0.2) is 11.9 Å². The Morgan fingerprint density at radius 1 is 1.03 bits per heavy atom. The van der Waals surface area contributed by atoms with Gasteiger partial charge >= 0.3 is 5.97 Å². The van der Waals surface area contributed by atoms with Crippen LogP contribution in [0.4, 0.5) is 0 Å². The van der Waals surface area contributed by atoms with E-state index in [0.29, 0.717) is 23.3 Å². The first-order chi connectivity index (χ1) is 15.1. The Balaban J connectivity index is 1.73. The molecule has 3 aromatic rings. The quantitative estimate of drug-likeness (QED) is 0.597. The maximum absolute atomic E-state index is 12.3. The fraction of sp³-hybridized carbons (Fsp3) is 0.458. The highest BCUT2D eigenvalue weighted by Gasteiger charge is 2.30. The third kappa shape index (κ3) is 3.78. The molecule has 2 aromatic heterocycles. The molecule has 1 saturated carbocycles. The summed E-state index contributed by atoms with van der Waals surface area (Å²) >= 11 is 0. The van der Waals surface area contributed by atoms with Crippen molar-refractivity contribution in [3.63, 3.8) is 0 Å². The Bertz CT molecular complexity index is 1090. The number of phenols is 1. The van der Waals surface area contributed by atoms with Crippen LogP contribution in [-0.2, 0) is 4.74 Å². The van der Waals surface area contributed by atoms with Gasteiger partial charge in [0.1, 0.15) is 5.75 Å². The van der Waals surface area contributed by atoms with E-state index < -0.39 is 5.97 Å². The van der Waals surface area contributed by atoms with Gasteiger partial charge in [-0.1, -0.05) is 19.3 Å². The third-order valence-corrected chi connectivity index (χ3v) is 6.50. The molecule has 7 nitrogen and oxygen atoms in total. The zero-order chi connectivity index (χ0) is 21.4. The molecule has 1 aromatic carbocycles. The number of hydrogen-bond acceptors (Lipinski definition) is 5. The lowest BCUT2D eigenvalue weighted by Crippen LogP contribution is -2.20. The normalized spacial score (nSPS) is 20.2. The summed E-state index contributed by atoms with van der Waals surface area (Å²) in [5.41, 5.74) is 2.97. The molecule has 2 fully saturated rings. The van der Waals surface area contributed by atoms with Gasteiger partial charge in [-0.15, -0.1) is 0 Å². The van der Waals surface area contributed by atoms with Gasteiger partial charge in [0.05, 0.1) is 22.3 Å². The number of carboxylic acid groups (broad SMARTS) is 1. The van der Waals surface area contributed by atoms with Crippen LogP contribution in [0.15, 0.2) is 30.3 Å². The zero-order valence-electron chi connectivity index (χ0n) is 17.5. The minimum atomic E-state index is -0.978. The van der Waals surface area contributed by atoms with Gasteiger partial charge in [0.25, 0.3) is 0 Å². The number of carbonyl (C=O) groups is 1. The number of fused-ring (bicyclic) bond motifs is 1. The molecule has 1 unspecified atom stereocenters. The van der Waals surface area contributed by atoms with Crippen molar-refractivity contribution < 1.29 is 19.7 Å². The van der Waals surface area contributed by atoms with Crippen LogP contribution >= 0.6 is 0 Å². The van der Waals surface area contributed by atoms with Crippen molar-refractivity contribution in [2.45, 2.75) is 63.5 Å². The van der Waals surface area contributed by atoms with Crippen LogP contribution in [0.3, 0.4) is 0 Å². The number of hydrogen-bond donors (Lipinski definition) is 2. The number of benzene rings is 1. The van der Waals surface area contributed by atoms with Crippen LogP contribution in [0, 0.1) is 0 Å². The molecule has 0 radical (unpaired) electrons. The number of rotatable bonds is 4. The third-order valence-electron chi connectivity index (χ3n) is 6.50. The highest BCUT2D eigenvalue weighted by Crippen LogP contribution is 2.39. The van der Waals surface area contributed by atoms with Crippen molar-refractivity contribution in [1.29, 1.82) is 0 Å². The summed E-state index contributed by atoms with van der Waals surface area (Å²) in [5, 5.41) is 25.3. The smallest absolute Gasteiger partial charge is 0.336 e. The first-order valence-corrected chi connectivity index (χ1v) is 11.2. The summed E-state index contributed by atoms with van der Waals surface area (Å²) in [7, 11) is 0. The van der Waals surface area contributed by atoms with E-state index in [0.717, 1.165) is 56.2 Å². The monoisotopic (exact) mass is 421 g/mol. The highest BCUT2D eigenvalue weighted by molar-refractivity contribution is 6.04. The van der Waals surface area contributed by atoms with Gasteiger partial charge < -0.3 is 14.9 Å². The lowest BCUT2D eigenvalue weighted by atomic mass is 9.85. The SMILES string of the molecule is O=C(O)c1cc(-c2ccc(O)cc2)nc2c1c(C1CCCCC1)nn2C1CCCCO1. The van der Waals surface area contributed by atoms with E-state index in [4.69, 9.17) is 14.8 Å². The van der Waals surface area contributed by atoms with Crippen molar-refractivity contribution in [2.75, 3.05) is 6.61 Å². The van der Waals surface area contributed by atoms with Crippen molar-refractivity contribution in [2.24, 2.45) is 0 Å². The van der Waals surface area contributed by atoms with Gasteiger partial charge in [-0.25, -0.2) is 14.5 Å². The summed E-state index contributed by atoms with van der Waals surface area (Å²) in [4.78, 5) is 17.2. The topological polar surface area (TPSA) is 97.5 Å². The number of aromatic hydroxyl groups is 1. The van der Waals surface area contributed by atoms with E-state index in [1.54, 1.807) is 30.3 Å². The second kappa shape index (κ2) is 8.30. The number of ether oxygens (including phenoxy) is 1. The largest absolute Gasteiger partial charge is 0.508 e. The minimum Gasteiger partial charge on any atom is -0.508 e. The van der Waals surface area contributed by atoms with Gasteiger partial charge in [-0.2, -0.15) is 5.10 Å². The molecule has 162 valence electrons. The van der Waals surface area contributed by atoms with Crippen LogP contribution in [0.5, 0.6) is 5.75 Å². The first kappa shape index (κ1) is 20.0. The Morgan fingerprint density at radius 2 is 1.77 bits per heavy atom. The van der Waals surface area contributed by atoms with E-state index in [9.17, 15) is 15.0 Å². The molecule has 7 heteroatoms. The highest BCUT2D eigenvalue weighted by atomic mass is 16.5. The molecule has 1 saturated heterocycles. The van der Waals surface area contributed by atoms with Crippen LogP contribution in [0.1, 0.15) is 79.6 Å². The van der Waals surface area contributed by atoms with Gasteiger partial charge in [-0.3, -0.25) is 0 Å². The number of phenolic OH excluding ortho intramolecular Hbond substituents is 1. The predicted molar refractivity (Wildman–Crippen MR) is 116 cm³/mol. The number of aromatic carboxylic acids is 1. The molecule has 31 heavy (non-hydrogen) atoms. The van der Waals surface area contributed by atoms with Crippen molar-refractivity contribution in [1.82, 2.24) is 14.8 Å². The van der Waals surface area contributed by atoms with Crippen LogP contribution in [-0.4, -0.2) is 37.6 Å². The second-order valence-electron chi connectivity index (χ2n) is 8.59. The summed E-state index contributed by atoms with van der Waals surface area (Å²) in [6.07, 6.45) is 8.24. The molecule has 2 N–H and O–H groups in total. The number of aromatic nitrogens is 3. The molecule has 0 bridgehead atoms. The fourth-order valence-electron chi connectivity index (χ4n) is 4.89. The lowest BCUT2D eigenvalue weighted by Gasteiger charge is -2.23. The Morgan fingerprint density at radius 3 is 2.45 bits per heavy atom. The lowest BCUT2D eigenvalue weighted by molar-refractivity contribution is -0.0373. The Kier molecular flexibility index (Phi) is 5.36. The van der Waals surface area contributed by atoms with Crippen LogP contribution < -0.4 is 0 Å². The summed E-state index contributed by atoms with van der Waals surface area (Å²) in [6.45, 7) is 0.675. The van der Waals surface area contributed by atoms with E-state index in [1.165, 1.54) is 6.42 Å². The zero-order valence-corrected chi connectivity index (χ0v) is 17.5. The average molecular weight is 421 g/mol. The maximum Gasteiger partial charge on any atom is 0.336 e. The summed E-state index contributed by atoms with van der Waals surface area (Å²) in [5.74, 6) is -0.572. The Labute approximate surface area is 180 Å². The molecule has 3 heterocycles. The number of carboxylic acids is 1. The maximum atomic E-state index is 12.3. The van der Waals surface area contributed by atoms with Crippen molar-refractivity contribution in [3.8, 4) is 17.0 Å². The molecule has 5 rings (SSSR count). The van der Waals surface area contributed by atoms with Gasteiger partial charge in [-0.05, 0) is 62.4 Å². The van der Waals surface area contributed by atoms with E-state index >= 15 is 0 Å². The van der Waals surface area contributed by atoms with Gasteiger partial charge in [0, 0.05) is 18.1 Å². The number of pyridine rings is 1. The standard InChI is InChI=1S/C24H27N3O4/c28-17-11-9-15(10-12-17)19-14-18(24(29)30)21-22(16-6-2-1-3-7-16)26-27(23(21)25-19)20-8-4-5-13-31-20/h9-12,14,16,20,28H,1-8,13H2,(H,29,30). The molecule has 0 amide bonds. The van der Waals surface area contributed by atoms with Crippen LogP contribution in [0.25, 0.3) is 22.3 Å². The van der Waals surface area contributed by atoms with Crippen LogP contribution in [0.2, 0.25) is 0 Å². The van der Waals surface area contributed by atoms with Crippen molar-refractivity contribution in [3.05, 3.63) is 41.6 Å². The first-order valence-electron chi connectivity index (χ1n) is 11.2. The molecule has 1 aliphatic carbocycles. The molecule has 1 atom stereocenters. The molecule has 1 aliphatic heterocycles. The fourth-order valence-corrected chi connectivity index (χ4v) is 4.89. The minimum absolute atomic E-state index is 0.156. The van der Waals surface area contributed by atoms with E-state index in [-0.39, 0.29) is 23.5 Å². The average Bonchev–Trinajstić information content (AvgIpc) is 3.19. The van der Waals surface area contributed by atoms with Gasteiger partial charge in [0.2, 0.25) is 0 Å². The molecule has 2 aliphatic rings. The van der Waals surface area contributed by atoms with E-state index in [2.05, 4.69) is 0 Å². The molecular weight excluding hydrogens is 394 g/mol. The van der Waals surface area contributed by atoms with Crippen molar-refractivity contribution >= 4 is 17.0 Å². The number of nitrogens with zero attached hydrogens (tertiary/aromatic N) is 3. The summed E-state index contributed by atoms with van der Waals surface area (Å²) in [6, 6.07) is 8.29. The Hall–Kier alpha value is -2.93. The summed E-state index contributed by atoms with van der Waals surface area (Å²) < 4.78 is 7.84. The predicted octanol–water partition coefficient (Wildman–Crippen LogP) is 5.25. The molecule has 0 spiro atoms. The molecular formula is C24H27N3O4. The van der Waals surface area contributed by atoms with E-state index in [1.807, 2.05) is 4.68 Å².